The smallest absolute Gasteiger partial charge is 0.260 e. The molecule has 0 saturated heterocycles. The first-order chi connectivity index (χ1) is 10.3. The van der Waals surface area contributed by atoms with Crippen LogP contribution in [0.1, 0.15) is 16.8 Å². The lowest BCUT2D eigenvalue weighted by Gasteiger charge is -2.22. The van der Waals surface area contributed by atoms with Crippen molar-refractivity contribution in [2.24, 2.45) is 0 Å². The van der Waals surface area contributed by atoms with Gasteiger partial charge in [0.2, 0.25) is 0 Å². The van der Waals surface area contributed by atoms with Crippen LogP contribution in [0.3, 0.4) is 0 Å². The molecule has 106 valence electrons. The molecule has 0 aliphatic heterocycles. The minimum atomic E-state index is -0.150. The van der Waals surface area contributed by atoms with E-state index in [0.717, 1.165) is 5.69 Å². The van der Waals surface area contributed by atoms with Crippen molar-refractivity contribution in [3.63, 3.8) is 0 Å². The molecule has 5 heteroatoms. The Morgan fingerprint density at radius 2 is 2.10 bits per heavy atom. The number of rotatable bonds is 5. The molecule has 1 aromatic carbocycles. The Balaban J connectivity index is 2.37. The first kappa shape index (κ1) is 14.5. The summed E-state index contributed by atoms with van der Waals surface area (Å²) in [6.45, 7) is 0.352. The molecule has 0 aliphatic carbocycles. The van der Waals surface area contributed by atoms with Gasteiger partial charge in [0.05, 0.1) is 29.9 Å². The number of carbonyl (C=O) groups is 1. The minimum absolute atomic E-state index is 0.150. The van der Waals surface area contributed by atoms with Gasteiger partial charge in [-0.05, 0) is 18.2 Å². The average molecular weight is 280 g/mol. The van der Waals surface area contributed by atoms with E-state index < -0.39 is 0 Å². The van der Waals surface area contributed by atoms with E-state index in [4.69, 9.17) is 5.26 Å². The fraction of sp³-hybridized carbons (Fsp3) is 0.188. The number of hydrogen-bond donors (Lipinski definition) is 1. The second-order valence-corrected chi connectivity index (χ2v) is 4.37. The molecule has 0 bridgehead atoms. The minimum Gasteiger partial charge on any atom is -0.386 e. The highest BCUT2D eigenvalue weighted by Gasteiger charge is 2.19. The van der Waals surface area contributed by atoms with Crippen LogP contribution in [-0.2, 0) is 0 Å². The van der Waals surface area contributed by atoms with Crippen LogP contribution in [0.2, 0.25) is 0 Å². The highest BCUT2D eigenvalue weighted by atomic mass is 16.2. The van der Waals surface area contributed by atoms with Crippen molar-refractivity contribution in [1.29, 1.82) is 5.26 Å². The third-order valence-corrected chi connectivity index (χ3v) is 3.08. The summed E-state index contributed by atoms with van der Waals surface area (Å²) in [6.07, 6.45) is 3.48. The summed E-state index contributed by atoms with van der Waals surface area (Å²) in [7, 11) is 1.75. The Morgan fingerprint density at radius 1 is 1.33 bits per heavy atom. The van der Waals surface area contributed by atoms with Crippen LogP contribution in [-0.4, -0.2) is 24.5 Å². The van der Waals surface area contributed by atoms with Crippen LogP contribution in [0.4, 0.5) is 11.4 Å². The molecule has 0 atom stereocenters. The second-order valence-electron chi connectivity index (χ2n) is 4.37. The molecule has 0 radical (unpaired) electrons. The summed E-state index contributed by atoms with van der Waals surface area (Å²) in [5, 5.41) is 11.8. The molecule has 1 heterocycles. The normalized spacial score (nSPS) is 9.71. The van der Waals surface area contributed by atoms with E-state index in [0.29, 0.717) is 17.8 Å². The highest BCUT2D eigenvalue weighted by molar-refractivity contribution is 6.09. The Kier molecular flexibility index (Phi) is 4.89. The zero-order valence-corrected chi connectivity index (χ0v) is 11.8. The molecule has 0 fully saturated rings. The number of nitriles is 1. The summed E-state index contributed by atoms with van der Waals surface area (Å²) < 4.78 is 0. The SMILES string of the molecule is CNc1cnccc1C(=O)N(CCC#N)c1ccccc1. The van der Waals surface area contributed by atoms with Gasteiger partial charge in [0.15, 0.2) is 0 Å². The fourth-order valence-electron chi connectivity index (χ4n) is 2.04. The van der Waals surface area contributed by atoms with Crippen molar-refractivity contribution in [2.45, 2.75) is 6.42 Å². The zero-order valence-electron chi connectivity index (χ0n) is 11.8. The van der Waals surface area contributed by atoms with Crippen molar-refractivity contribution in [3.8, 4) is 6.07 Å². The number of carbonyl (C=O) groups excluding carboxylic acids is 1. The van der Waals surface area contributed by atoms with E-state index >= 15 is 0 Å². The summed E-state index contributed by atoms with van der Waals surface area (Å²) in [4.78, 5) is 18.4. The third-order valence-electron chi connectivity index (χ3n) is 3.08. The molecule has 1 N–H and O–H groups in total. The van der Waals surface area contributed by atoms with Crippen LogP contribution in [0.5, 0.6) is 0 Å². The summed E-state index contributed by atoms with van der Waals surface area (Å²) in [5.41, 5.74) is 1.98. The van der Waals surface area contributed by atoms with Gasteiger partial charge in [-0.25, -0.2) is 0 Å². The third kappa shape index (κ3) is 3.37. The van der Waals surface area contributed by atoms with Gasteiger partial charge in [-0.1, -0.05) is 18.2 Å². The van der Waals surface area contributed by atoms with E-state index in [1.807, 2.05) is 30.3 Å². The van der Waals surface area contributed by atoms with E-state index in [-0.39, 0.29) is 12.3 Å². The van der Waals surface area contributed by atoms with E-state index in [1.54, 1.807) is 30.4 Å². The maximum atomic E-state index is 12.8. The molecule has 2 rings (SSSR count). The Morgan fingerprint density at radius 3 is 2.76 bits per heavy atom. The fourth-order valence-corrected chi connectivity index (χ4v) is 2.04. The van der Waals surface area contributed by atoms with Crippen LogP contribution in [0.25, 0.3) is 0 Å². The predicted octanol–water partition coefficient (Wildman–Crippen LogP) is 2.68. The van der Waals surface area contributed by atoms with Crippen LogP contribution in [0.15, 0.2) is 48.8 Å². The van der Waals surface area contributed by atoms with Crippen LogP contribution >= 0.6 is 0 Å². The number of para-hydroxylation sites is 1. The van der Waals surface area contributed by atoms with Crippen LogP contribution in [0, 0.1) is 11.3 Å². The van der Waals surface area contributed by atoms with Crippen molar-refractivity contribution >= 4 is 17.3 Å². The Bertz CT molecular complexity index is 649. The van der Waals surface area contributed by atoms with Crippen molar-refractivity contribution in [3.05, 3.63) is 54.4 Å². The molecule has 0 unspecified atom stereocenters. The molecule has 0 aliphatic rings. The number of aromatic nitrogens is 1. The topological polar surface area (TPSA) is 69.0 Å². The first-order valence-electron chi connectivity index (χ1n) is 6.63. The summed E-state index contributed by atoms with van der Waals surface area (Å²) in [6, 6.07) is 13.1. The first-order valence-corrected chi connectivity index (χ1v) is 6.63. The van der Waals surface area contributed by atoms with Gasteiger partial charge < -0.3 is 10.2 Å². The largest absolute Gasteiger partial charge is 0.386 e. The van der Waals surface area contributed by atoms with E-state index in [9.17, 15) is 4.79 Å². The Hall–Kier alpha value is -2.87. The van der Waals surface area contributed by atoms with Crippen molar-refractivity contribution in [2.75, 3.05) is 23.8 Å². The molecular weight excluding hydrogens is 264 g/mol. The monoisotopic (exact) mass is 280 g/mol. The van der Waals surface area contributed by atoms with Gasteiger partial charge in [-0.15, -0.1) is 0 Å². The molecular formula is C16H16N4O. The zero-order chi connectivity index (χ0) is 15.1. The second kappa shape index (κ2) is 7.06. The van der Waals surface area contributed by atoms with Gasteiger partial charge in [0.25, 0.3) is 5.91 Å². The summed E-state index contributed by atoms with van der Waals surface area (Å²) >= 11 is 0. The molecule has 2 aromatic rings. The van der Waals surface area contributed by atoms with Gasteiger partial charge in [-0.2, -0.15) is 5.26 Å². The lowest BCUT2D eigenvalue weighted by atomic mass is 10.1. The Labute approximate surface area is 123 Å². The standard InChI is InChI=1S/C16H16N4O/c1-18-15-12-19-10-8-14(15)16(21)20(11-5-9-17)13-6-3-2-4-7-13/h2-4,6-8,10,12,18H,5,11H2,1H3. The number of benzene rings is 1. The lowest BCUT2D eigenvalue weighted by molar-refractivity contribution is 0.0988. The van der Waals surface area contributed by atoms with Gasteiger partial charge in [0.1, 0.15) is 0 Å². The highest BCUT2D eigenvalue weighted by Crippen LogP contribution is 2.21. The van der Waals surface area contributed by atoms with Gasteiger partial charge >= 0.3 is 0 Å². The lowest BCUT2D eigenvalue weighted by Crippen LogP contribution is -2.32. The number of nitrogens with zero attached hydrogens (tertiary/aromatic N) is 3. The number of nitrogens with one attached hydrogen (secondary N) is 1. The van der Waals surface area contributed by atoms with E-state index in [1.165, 1.54) is 0 Å². The number of amides is 1. The van der Waals surface area contributed by atoms with E-state index in [2.05, 4.69) is 16.4 Å². The maximum Gasteiger partial charge on any atom is 0.260 e. The summed E-state index contributed by atoms with van der Waals surface area (Å²) in [5.74, 6) is -0.150. The molecule has 0 saturated carbocycles. The number of pyridine rings is 1. The average Bonchev–Trinajstić information content (AvgIpc) is 2.56. The number of hydrogen-bond acceptors (Lipinski definition) is 4. The molecule has 5 nitrogen and oxygen atoms in total. The van der Waals surface area contributed by atoms with Gasteiger partial charge in [-0.3, -0.25) is 9.78 Å². The quantitative estimate of drug-likeness (QED) is 0.914. The van der Waals surface area contributed by atoms with Crippen molar-refractivity contribution in [1.82, 2.24) is 4.98 Å². The van der Waals surface area contributed by atoms with Crippen LogP contribution < -0.4 is 10.2 Å². The molecule has 0 spiro atoms. The maximum absolute atomic E-state index is 12.8. The molecule has 21 heavy (non-hydrogen) atoms. The molecule has 1 aromatic heterocycles. The number of anilines is 2. The van der Waals surface area contributed by atoms with Gasteiger partial charge in [0, 0.05) is 25.5 Å². The molecule has 1 amide bonds. The van der Waals surface area contributed by atoms with Crippen molar-refractivity contribution < 1.29 is 4.79 Å². The predicted molar refractivity (Wildman–Crippen MR) is 82.1 cm³/mol.